The molecule has 0 aliphatic carbocycles. The van der Waals surface area contributed by atoms with Gasteiger partial charge in [-0.1, -0.05) is 24.3 Å². The van der Waals surface area contributed by atoms with E-state index >= 15 is 0 Å². The van der Waals surface area contributed by atoms with Crippen LogP contribution in [0.5, 0.6) is 0 Å². The summed E-state index contributed by atoms with van der Waals surface area (Å²) in [5.41, 5.74) is 3.09. The second-order valence-corrected chi connectivity index (χ2v) is 12.9. The van der Waals surface area contributed by atoms with Crippen molar-refractivity contribution in [3.05, 3.63) is 47.2 Å². The van der Waals surface area contributed by atoms with Gasteiger partial charge in [0.15, 0.2) is 0 Å². The van der Waals surface area contributed by atoms with Crippen LogP contribution >= 0.6 is 0 Å². The number of nitrogens with zero attached hydrogens (tertiary/aromatic N) is 7. The molecule has 0 bridgehead atoms. The summed E-state index contributed by atoms with van der Waals surface area (Å²) in [4.78, 5) is 45.8. The van der Waals surface area contributed by atoms with Crippen LogP contribution in [-0.2, 0) is 17.8 Å². The van der Waals surface area contributed by atoms with E-state index in [4.69, 9.17) is 9.97 Å². The highest BCUT2D eigenvalue weighted by Gasteiger charge is 2.36. The van der Waals surface area contributed by atoms with Crippen molar-refractivity contribution < 1.29 is 14.7 Å². The van der Waals surface area contributed by atoms with E-state index < -0.39 is 6.10 Å². The number of carbonyl (C=O) groups excluding carboxylic acids is 2. The number of piperidine rings is 2. The minimum Gasteiger partial charge on any atom is -0.390 e. The van der Waals surface area contributed by atoms with Gasteiger partial charge in [0.25, 0.3) is 5.91 Å². The van der Waals surface area contributed by atoms with Crippen LogP contribution in [0.2, 0.25) is 0 Å². The summed E-state index contributed by atoms with van der Waals surface area (Å²) in [6.07, 6.45) is 3.77. The quantitative estimate of drug-likeness (QED) is 0.520. The van der Waals surface area contributed by atoms with Gasteiger partial charge < -0.3 is 30.0 Å². The molecule has 11 nitrogen and oxygen atoms in total. The average Bonchev–Trinajstić information content (AvgIpc) is 3.52. The third-order valence-electron chi connectivity index (χ3n) is 9.87. The fourth-order valence-electron chi connectivity index (χ4n) is 7.14. The van der Waals surface area contributed by atoms with Crippen molar-refractivity contribution in [3.63, 3.8) is 0 Å². The predicted molar refractivity (Wildman–Crippen MR) is 166 cm³/mol. The fraction of sp³-hybridized carbons (Fsp3) is 0.625. The lowest BCUT2D eigenvalue weighted by Crippen LogP contribution is -2.56. The Morgan fingerprint density at radius 2 is 1.67 bits per heavy atom. The lowest BCUT2D eigenvalue weighted by molar-refractivity contribution is -0.129. The van der Waals surface area contributed by atoms with E-state index in [1.807, 2.05) is 4.90 Å². The molecule has 11 heteroatoms. The van der Waals surface area contributed by atoms with E-state index in [0.29, 0.717) is 49.7 Å². The summed E-state index contributed by atoms with van der Waals surface area (Å²) < 4.78 is 0. The first-order chi connectivity index (χ1) is 20.7. The maximum absolute atomic E-state index is 13.9. The Balaban J connectivity index is 1.16. The molecule has 2 N–H and O–H groups in total. The average molecular weight is 591 g/mol. The monoisotopic (exact) mass is 590 g/mol. The van der Waals surface area contributed by atoms with Crippen LogP contribution in [-0.4, -0.2) is 131 Å². The normalized spacial score (nSPS) is 25.2. The molecule has 5 heterocycles. The third-order valence-corrected chi connectivity index (χ3v) is 9.87. The maximum Gasteiger partial charge on any atom is 0.272 e. The number of hydrogen-bond acceptors (Lipinski definition) is 9. The van der Waals surface area contributed by atoms with Gasteiger partial charge in [0.1, 0.15) is 11.5 Å². The van der Waals surface area contributed by atoms with Gasteiger partial charge in [0, 0.05) is 83.5 Å². The summed E-state index contributed by atoms with van der Waals surface area (Å²) >= 11 is 0. The fourth-order valence-corrected chi connectivity index (χ4v) is 7.14. The molecule has 1 unspecified atom stereocenters. The number of likely N-dealkylation sites (tertiary alicyclic amines) is 2. The number of likely N-dealkylation sites (N-methyl/N-ethyl adjacent to an activating group) is 1. The van der Waals surface area contributed by atoms with Crippen LogP contribution in [0.25, 0.3) is 0 Å². The molecule has 1 aromatic carbocycles. The van der Waals surface area contributed by atoms with Crippen molar-refractivity contribution >= 4 is 23.6 Å². The largest absolute Gasteiger partial charge is 0.390 e. The van der Waals surface area contributed by atoms with Gasteiger partial charge in [-0.3, -0.25) is 14.5 Å². The smallest absolute Gasteiger partial charge is 0.272 e. The molecule has 3 fully saturated rings. The number of β-amino-alcohol motifs (C(OH)–C–C–N with tert-alkyl or cyclic N) is 1. The number of benzene rings is 1. The number of nitrogens with one attached hydrogen (secondary N) is 1. The molecule has 0 saturated carbocycles. The van der Waals surface area contributed by atoms with Crippen molar-refractivity contribution in [2.24, 2.45) is 0 Å². The number of carbonyl (C=O) groups is 2. The standard InChI is InChI=1S/C32H46N8O3/c1-22(41)37-14-9-25(10-15-37)33-30-18-27(34-32(35-30)40-16-11-26(20-40)36(2)3)31(43)39-17-12-28(29(42)21-39)38-13-8-23-6-4-5-7-24(23)19-38/h4-7,18,25-26,28-29,42H,8-17,19-21H2,1-3H3,(H,33,34,35)/t26?,28-,29-/m1/s1. The lowest BCUT2D eigenvalue weighted by atomic mass is 9.94. The molecule has 6 rings (SSSR count). The van der Waals surface area contributed by atoms with Crippen molar-refractivity contribution in [2.45, 2.75) is 69.8 Å². The van der Waals surface area contributed by atoms with Crippen molar-refractivity contribution in [3.8, 4) is 0 Å². The van der Waals surface area contributed by atoms with Crippen LogP contribution in [0.15, 0.2) is 30.3 Å². The second-order valence-electron chi connectivity index (χ2n) is 12.9. The van der Waals surface area contributed by atoms with Crippen LogP contribution < -0.4 is 10.2 Å². The molecule has 4 aliphatic rings. The van der Waals surface area contributed by atoms with Crippen LogP contribution in [0.1, 0.15) is 54.2 Å². The molecule has 3 saturated heterocycles. The van der Waals surface area contributed by atoms with Gasteiger partial charge >= 0.3 is 0 Å². The SMILES string of the molecule is CC(=O)N1CCC(Nc2cc(C(=O)N3CC[C@@H](N4CCc5ccccc5C4)[C@H](O)C3)nc(N3CCC(N(C)C)C3)n2)CC1. The van der Waals surface area contributed by atoms with E-state index in [1.165, 1.54) is 11.1 Å². The van der Waals surface area contributed by atoms with Gasteiger partial charge in [0.05, 0.1) is 6.10 Å². The minimum absolute atomic E-state index is 0.0315. The zero-order valence-electron chi connectivity index (χ0n) is 25.8. The molecule has 2 aromatic rings. The molecule has 3 atom stereocenters. The molecule has 1 aromatic heterocycles. The molecule has 232 valence electrons. The number of aliphatic hydroxyl groups is 1. The molecule has 43 heavy (non-hydrogen) atoms. The summed E-state index contributed by atoms with van der Waals surface area (Å²) in [5.74, 6) is 1.16. The Labute approximate surface area is 254 Å². The van der Waals surface area contributed by atoms with E-state index in [2.05, 4.69) is 58.4 Å². The topological polar surface area (TPSA) is 108 Å². The Morgan fingerprint density at radius 1 is 0.930 bits per heavy atom. The van der Waals surface area contributed by atoms with Gasteiger partial charge in [-0.05, 0) is 57.3 Å². The minimum atomic E-state index is -0.618. The Hall–Kier alpha value is -3.28. The summed E-state index contributed by atoms with van der Waals surface area (Å²) in [5, 5.41) is 14.8. The zero-order valence-corrected chi connectivity index (χ0v) is 25.8. The molecular formula is C32H46N8O3. The Bertz CT molecular complexity index is 1310. The molecule has 0 radical (unpaired) electrons. The summed E-state index contributed by atoms with van der Waals surface area (Å²) in [7, 11) is 4.18. The molecule has 0 spiro atoms. The lowest BCUT2D eigenvalue weighted by Gasteiger charge is -2.43. The zero-order chi connectivity index (χ0) is 30.1. The molecule has 2 amide bonds. The number of anilines is 2. The van der Waals surface area contributed by atoms with Gasteiger partial charge in [0.2, 0.25) is 11.9 Å². The number of aromatic nitrogens is 2. The van der Waals surface area contributed by atoms with E-state index in [1.54, 1.807) is 17.9 Å². The van der Waals surface area contributed by atoms with Gasteiger partial charge in [-0.2, -0.15) is 4.98 Å². The highest BCUT2D eigenvalue weighted by Crippen LogP contribution is 2.27. The number of rotatable bonds is 6. The predicted octanol–water partition coefficient (Wildman–Crippen LogP) is 1.67. The van der Waals surface area contributed by atoms with Crippen LogP contribution in [0, 0.1) is 0 Å². The van der Waals surface area contributed by atoms with Crippen molar-refractivity contribution in [2.75, 3.05) is 70.1 Å². The highest BCUT2D eigenvalue weighted by molar-refractivity contribution is 5.93. The summed E-state index contributed by atoms with van der Waals surface area (Å²) in [6.45, 7) is 7.31. The van der Waals surface area contributed by atoms with Crippen molar-refractivity contribution in [1.29, 1.82) is 0 Å². The Kier molecular flexibility index (Phi) is 8.83. The first kappa shape index (κ1) is 29.8. The molecule has 4 aliphatic heterocycles. The van der Waals surface area contributed by atoms with E-state index in [0.717, 1.165) is 58.3 Å². The maximum atomic E-state index is 13.9. The van der Waals surface area contributed by atoms with Crippen LogP contribution in [0.4, 0.5) is 11.8 Å². The highest BCUT2D eigenvalue weighted by atomic mass is 16.3. The van der Waals surface area contributed by atoms with E-state index in [-0.39, 0.29) is 23.9 Å². The first-order valence-corrected chi connectivity index (χ1v) is 15.9. The van der Waals surface area contributed by atoms with Crippen LogP contribution in [0.3, 0.4) is 0 Å². The van der Waals surface area contributed by atoms with E-state index in [9.17, 15) is 14.7 Å². The van der Waals surface area contributed by atoms with Gasteiger partial charge in [-0.25, -0.2) is 4.98 Å². The van der Waals surface area contributed by atoms with Gasteiger partial charge in [-0.15, -0.1) is 0 Å². The first-order valence-electron chi connectivity index (χ1n) is 15.9. The number of hydrogen-bond donors (Lipinski definition) is 2. The second kappa shape index (κ2) is 12.8. The van der Waals surface area contributed by atoms with Crippen molar-refractivity contribution in [1.82, 2.24) is 29.6 Å². The third kappa shape index (κ3) is 6.63. The number of amides is 2. The number of aliphatic hydroxyl groups excluding tert-OH is 1. The Morgan fingerprint density at radius 3 is 2.37 bits per heavy atom. The number of fused-ring (bicyclic) bond motifs is 1. The summed E-state index contributed by atoms with van der Waals surface area (Å²) in [6, 6.07) is 10.9. The molecular weight excluding hydrogens is 544 g/mol.